The van der Waals surface area contributed by atoms with Crippen molar-refractivity contribution in [3.8, 4) is 17.6 Å². The van der Waals surface area contributed by atoms with Crippen LogP contribution in [0.25, 0.3) is 10.9 Å². The highest BCUT2D eigenvalue weighted by molar-refractivity contribution is 7.88. The van der Waals surface area contributed by atoms with Gasteiger partial charge < -0.3 is 5.11 Å². The number of sulfonamides is 1. The predicted octanol–water partition coefficient (Wildman–Crippen LogP) is 4.79. The van der Waals surface area contributed by atoms with Crippen molar-refractivity contribution in [1.29, 1.82) is 0 Å². The summed E-state index contributed by atoms with van der Waals surface area (Å²) in [5.41, 5.74) is 3.15. The van der Waals surface area contributed by atoms with Crippen LogP contribution in [0.2, 0.25) is 0 Å². The molecule has 0 spiro atoms. The molecule has 7 nitrogen and oxygen atoms in total. The molecule has 8 heteroatoms. The van der Waals surface area contributed by atoms with Crippen molar-refractivity contribution < 1.29 is 13.5 Å². The molecule has 2 N–H and O–H groups in total. The average molecular weight is 487 g/mol. The maximum absolute atomic E-state index is 11.7. The molecule has 1 aromatic heterocycles. The highest BCUT2D eigenvalue weighted by atomic mass is 32.2. The van der Waals surface area contributed by atoms with Gasteiger partial charge in [-0.1, -0.05) is 30.0 Å². The second-order valence-electron chi connectivity index (χ2n) is 8.82. The van der Waals surface area contributed by atoms with Crippen molar-refractivity contribution in [2.75, 3.05) is 11.2 Å². The standard InChI is InChI=1S/C27H26N4O3S/c1-19-16-22(32)11-13-25(19)31(21-8-6-5-7-9-21)26-23-17-20(10-12-24(23)28-18-29-26)14-15-27(2,3)30-35(4,33)34/h5-13,16-18,30,32H,1-4H3. The van der Waals surface area contributed by atoms with Gasteiger partial charge in [0.2, 0.25) is 10.0 Å². The van der Waals surface area contributed by atoms with Crippen molar-refractivity contribution in [2.45, 2.75) is 26.3 Å². The Kier molecular flexibility index (Phi) is 6.48. The lowest BCUT2D eigenvalue weighted by atomic mass is 10.1. The van der Waals surface area contributed by atoms with E-state index in [9.17, 15) is 13.5 Å². The molecule has 0 aliphatic carbocycles. The molecule has 0 radical (unpaired) electrons. The van der Waals surface area contributed by atoms with E-state index in [2.05, 4.69) is 26.5 Å². The first-order valence-corrected chi connectivity index (χ1v) is 12.8. The maximum atomic E-state index is 11.7. The second kappa shape index (κ2) is 9.37. The minimum absolute atomic E-state index is 0.190. The first-order chi connectivity index (χ1) is 16.5. The van der Waals surface area contributed by atoms with E-state index in [1.165, 1.54) is 6.33 Å². The molecule has 0 atom stereocenters. The molecule has 0 saturated carbocycles. The maximum Gasteiger partial charge on any atom is 0.209 e. The summed E-state index contributed by atoms with van der Waals surface area (Å²) < 4.78 is 25.8. The van der Waals surface area contributed by atoms with E-state index in [0.717, 1.165) is 34.1 Å². The highest BCUT2D eigenvalue weighted by Gasteiger charge is 2.20. The number of aryl methyl sites for hydroxylation is 1. The topological polar surface area (TPSA) is 95.4 Å². The van der Waals surface area contributed by atoms with Crippen LogP contribution in [-0.2, 0) is 10.0 Å². The van der Waals surface area contributed by atoms with E-state index < -0.39 is 15.6 Å². The van der Waals surface area contributed by atoms with Crippen LogP contribution in [0.4, 0.5) is 17.2 Å². The van der Waals surface area contributed by atoms with Gasteiger partial charge in [0.1, 0.15) is 17.9 Å². The molecule has 35 heavy (non-hydrogen) atoms. The third-order valence-electron chi connectivity index (χ3n) is 5.22. The van der Waals surface area contributed by atoms with Crippen LogP contribution in [0.1, 0.15) is 25.0 Å². The van der Waals surface area contributed by atoms with Crippen LogP contribution in [-0.4, -0.2) is 35.3 Å². The number of phenolic OH excluding ortho intramolecular Hbond substituents is 1. The Morgan fingerprint density at radius 1 is 1.00 bits per heavy atom. The molecular formula is C27H26N4O3S. The number of benzene rings is 3. The Hall–Kier alpha value is -3.93. The largest absolute Gasteiger partial charge is 0.508 e. The van der Waals surface area contributed by atoms with Crippen molar-refractivity contribution in [1.82, 2.24) is 14.7 Å². The summed E-state index contributed by atoms with van der Waals surface area (Å²) in [4.78, 5) is 11.1. The fraction of sp³-hybridized carbons (Fsp3) is 0.185. The zero-order valence-corrected chi connectivity index (χ0v) is 20.8. The van der Waals surface area contributed by atoms with Gasteiger partial charge in [0, 0.05) is 16.6 Å². The molecule has 1 heterocycles. The lowest BCUT2D eigenvalue weighted by Crippen LogP contribution is -2.41. The minimum atomic E-state index is -3.40. The Balaban J connectivity index is 1.88. The first kappa shape index (κ1) is 24.2. The van der Waals surface area contributed by atoms with Crippen molar-refractivity contribution in [3.05, 3.63) is 84.2 Å². The summed E-state index contributed by atoms with van der Waals surface area (Å²) in [6, 6.07) is 20.7. The summed E-state index contributed by atoms with van der Waals surface area (Å²) in [5.74, 6) is 6.93. The molecule has 0 saturated heterocycles. The van der Waals surface area contributed by atoms with Gasteiger partial charge in [-0.2, -0.15) is 4.72 Å². The number of rotatable bonds is 5. The Morgan fingerprint density at radius 3 is 2.43 bits per heavy atom. The molecule has 0 bridgehead atoms. The van der Waals surface area contributed by atoms with Gasteiger partial charge in [-0.3, -0.25) is 4.90 Å². The molecule has 4 rings (SSSR count). The number of aromatic hydroxyl groups is 1. The SMILES string of the molecule is Cc1cc(O)ccc1N(c1ccccc1)c1ncnc2ccc(C#CC(C)(C)NS(C)(=O)=O)cc12. The summed E-state index contributed by atoms with van der Waals surface area (Å²) in [5, 5.41) is 10.7. The van der Waals surface area contributed by atoms with Crippen LogP contribution in [0.3, 0.4) is 0 Å². The number of nitrogens with zero attached hydrogens (tertiary/aromatic N) is 3. The minimum Gasteiger partial charge on any atom is -0.508 e. The third kappa shape index (κ3) is 5.77. The van der Waals surface area contributed by atoms with E-state index in [1.807, 2.05) is 66.4 Å². The Labute approximate surface area is 205 Å². The average Bonchev–Trinajstić information content (AvgIpc) is 2.78. The highest BCUT2D eigenvalue weighted by Crippen LogP contribution is 2.39. The van der Waals surface area contributed by atoms with Crippen molar-refractivity contribution in [2.24, 2.45) is 0 Å². The molecule has 0 amide bonds. The van der Waals surface area contributed by atoms with Gasteiger partial charge >= 0.3 is 0 Å². The fourth-order valence-corrected chi connectivity index (χ4v) is 4.84. The van der Waals surface area contributed by atoms with Crippen LogP contribution in [0.15, 0.2) is 73.1 Å². The molecule has 0 unspecified atom stereocenters. The van der Waals surface area contributed by atoms with Gasteiger partial charge in [0.05, 0.1) is 23.0 Å². The van der Waals surface area contributed by atoms with E-state index >= 15 is 0 Å². The van der Waals surface area contributed by atoms with Gasteiger partial charge in [-0.05, 0) is 74.9 Å². The molecule has 0 fully saturated rings. The molecule has 178 valence electrons. The van der Waals surface area contributed by atoms with Crippen LogP contribution < -0.4 is 9.62 Å². The molecule has 0 aliphatic rings. The third-order valence-corrected chi connectivity index (χ3v) is 6.10. The smallest absolute Gasteiger partial charge is 0.209 e. The lowest BCUT2D eigenvalue weighted by molar-refractivity contribution is 0.475. The quantitative estimate of drug-likeness (QED) is 0.394. The van der Waals surface area contributed by atoms with Gasteiger partial charge in [0.15, 0.2) is 0 Å². The van der Waals surface area contributed by atoms with E-state index in [-0.39, 0.29) is 5.75 Å². The van der Waals surface area contributed by atoms with Crippen LogP contribution in [0.5, 0.6) is 5.75 Å². The van der Waals surface area contributed by atoms with Gasteiger partial charge in [-0.15, -0.1) is 0 Å². The first-order valence-electron chi connectivity index (χ1n) is 10.9. The fourth-order valence-electron chi connectivity index (χ4n) is 3.86. The molecule has 0 aliphatic heterocycles. The number of para-hydroxylation sites is 1. The number of phenols is 1. The van der Waals surface area contributed by atoms with E-state index in [0.29, 0.717) is 11.4 Å². The molecule has 4 aromatic rings. The van der Waals surface area contributed by atoms with Crippen LogP contribution >= 0.6 is 0 Å². The zero-order valence-electron chi connectivity index (χ0n) is 19.9. The normalized spacial score (nSPS) is 11.7. The van der Waals surface area contributed by atoms with Crippen LogP contribution in [0, 0.1) is 18.8 Å². The summed E-state index contributed by atoms with van der Waals surface area (Å²) in [7, 11) is -3.40. The summed E-state index contributed by atoms with van der Waals surface area (Å²) in [6.07, 6.45) is 2.63. The predicted molar refractivity (Wildman–Crippen MR) is 140 cm³/mol. The van der Waals surface area contributed by atoms with E-state index in [4.69, 9.17) is 0 Å². The second-order valence-corrected chi connectivity index (χ2v) is 10.6. The van der Waals surface area contributed by atoms with E-state index in [1.54, 1.807) is 26.0 Å². The monoisotopic (exact) mass is 486 g/mol. The zero-order chi connectivity index (χ0) is 25.2. The number of anilines is 3. The van der Waals surface area contributed by atoms with Gasteiger partial charge in [0.25, 0.3) is 0 Å². The van der Waals surface area contributed by atoms with Gasteiger partial charge in [-0.25, -0.2) is 18.4 Å². The molecular weight excluding hydrogens is 460 g/mol. The number of nitrogens with one attached hydrogen (secondary N) is 1. The van der Waals surface area contributed by atoms with Crippen molar-refractivity contribution >= 4 is 38.1 Å². The summed E-state index contributed by atoms with van der Waals surface area (Å²) in [6.45, 7) is 5.35. The van der Waals surface area contributed by atoms with Crippen molar-refractivity contribution in [3.63, 3.8) is 0 Å². The Morgan fingerprint density at radius 2 is 1.74 bits per heavy atom. The number of aromatic nitrogens is 2. The lowest BCUT2D eigenvalue weighted by Gasteiger charge is -2.26. The summed E-state index contributed by atoms with van der Waals surface area (Å²) >= 11 is 0. The Bertz CT molecular complexity index is 1560. The number of hydrogen-bond acceptors (Lipinski definition) is 6. The number of fused-ring (bicyclic) bond motifs is 1. The number of hydrogen-bond donors (Lipinski definition) is 2. The molecule has 3 aromatic carbocycles.